The number of nitrogens with zero attached hydrogens (tertiary/aromatic N) is 1. The van der Waals surface area contributed by atoms with Gasteiger partial charge in [0.15, 0.2) is 0 Å². The summed E-state index contributed by atoms with van der Waals surface area (Å²) in [6, 6.07) is 7.34. The molecule has 0 bridgehead atoms. The first-order valence-electron chi connectivity index (χ1n) is 7.87. The molecule has 118 valence electrons. The monoisotopic (exact) mass is 310 g/mol. The van der Waals surface area contributed by atoms with Crippen molar-refractivity contribution in [2.24, 2.45) is 11.7 Å². The van der Waals surface area contributed by atoms with Crippen LogP contribution in [0.2, 0.25) is 0 Å². The van der Waals surface area contributed by atoms with Crippen molar-refractivity contribution in [3.8, 4) is 0 Å². The zero-order chi connectivity index (χ0) is 15.3. The molecule has 0 amide bonds. The van der Waals surface area contributed by atoms with E-state index in [1.54, 1.807) is 16.4 Å². The highest BCUT2D eigenvalue weighted by Crippen LogP contribution is 2.25. The number of nitrogens with two attached hydrogens (primary N) is 1. The molecule has 1 aliphatic rings. The average molecular weight is 310 g/mol. The van der Waals surface area contributed by atoms with Crippen molar-refractivity contribution in [2.45, 2.75) is 43.9 Å². The van der Waals surface area contributed by atoms with Gasteiger partial charge in [-0.1, -0.05) is 25.5 Å². The molecule has 0 spiro atoms. The predicted molar refractivity (Wildman–Crippen MR) is 85.6 cm³/mol. The van der Waals surface area contributed by atoms with Crippen LogP contribution in [0, 0.1) is 5.92 Å². The molecule has 0 atom stereocenters. The molecule has 2 N–H and O–H groups in total. The Morgan fingerprint density at radius 2 is 1.81 bits per heavy atom. The Morgan fingerprint density at radius 1 is 1.19 bits per heavy atom. The van der Waals surface area contributed by atoms with Crippen molar-refractivity contribution >= 4 is 10.0 Å². The highest BCUT2D eigenvalue weighted by molar-refractivity contribution is 7.89. The van der Waals surface area contributed by atoms with E-state index in [1.165, 1.54) is 5.56 Å². The lowest BCUT2D eigenvalue weighted by Gasteiger charge is -2.31. The fourth-order valence-corrected chi connectivity index (χ4v) is 4.41. The van der Waals surface area contributed by atoms with Crippen LogP contribution in [0.15, 0.2) is 29.2 Å². The fraction of sp³-hybridized carbons (Fsp3) is 0.625. The van der Waals surface area contributed by atoms with Crippen LogP contribution in [0.1, 0.15) is 38.2 Å². The van der Waals surface area contributed by atoms with E-state index >= 15 is 0 Å². The largest absolute Gasteiger partial charge is 0.330 e. The van der Waals surface area contributed by atoms with E-state index in [1.807, 2.05) is 12.1 Å². The summed E-state index contributed by atoms with van der Waals surface area (Å²) in [7, 11) is -3.33. The zero-order valence-electron chi connectivity index (χ0n) is 12.8. The first-order chi connectivity index (χ1) is 10.1. The summed E-state index contributed by atoms with van der Waals surface area (Å²) in [4.78, 5) is 0.416. The first-order valence-corrected chi connectivity index (χ1v) is 9.31. The van der Waals surface area contributed by atoms with Crippen molar-refractivity contribution in [2.75, 3.05) is 19.6 Å². The van der Waals surface area contributed by atoms with Crippen molar-refractivity contribution in [1.29, 1.82) is 0 Å². The van der Waals surface area contributed by atoms with E-state index in [-0.39, 0.29) is 0 Å². The molecular weight excluding hydrogens is 284 g/mol. The van der Waals surface area contributed by atoms with Crippen LogP contribution in [0.4, 0.5) is 0 Å². The summed E-state index contributed by atoms with van der Waals surface area (Å²) < 4.78 is 26.9. The third-order valence-corrected chi connectivity index (χ3v) is 6.16. The van der Waals surface area contributed by atoms with E-state index in [2.05, 4.69) is 6.92 Å². The van der Waals surface area contributed by atoms with Gasteiger partial charge in [-0.15, -0.1) is 0 Å². The Balaban J connectivity index is 2.04. The van der Waals surface area contributed by atoms with Crippen LogP contribution in [0.25, 0.3) is 0 Å². The normalized spacial score (nSPS) is 18.0. The fourth-order valence-electron chi connectivity index (χ4n) is 2.94. The first kappa shape index (κ1) is 16.5. The Kier molecular flexibility index (Phi) is 5.79. The van der Waals surface area contributed by atoms with E-state index in [9.17, 15) is 8.42 Å². The van der Waals surface area contributed by atoms with Crippen molar-refractivity contribution in [3.05, 3.63) is 29.8 Å². The molecule has 4 nitrogen and oxygen atoms in total. The second kappa shape index (κ2) is 7.38. The Labute approximate surface area is 128 Å². The third kappa shape index (κ3) is 4.05. The van der Waals surface area contributed by atoms with Crippen molar-refractivity contribution in [1.82, 2.24) is 4.31 Å². The molecule has 0 radical (unpaired) electrons. The highest BCUT2D eigenvalue weighted by Gasteiger charge is 2.28. The van der Waals surface area contributed by atoms with Gasteiger partial charge in [-0.2, -0.15) is 4.31 Å². The minimum Gasteiger partial charge on any atom is -0.330 e. The second-order valence-electron chi connectivity index (χ2n) is 5.82. The summed E-state index contributed by atoms with van der Waals surface area (Å²) in [5.74, 6) is 0.577. The van der Waals surface area contributed by atoms with E-state index in [0.29, 0.717) is 30.4 Å². The molecule has 1 fully saturated rings. The van der Waals surface area contributed by atoms with Crippen LogP contribution in [-0.4, -0.2) is 32.4 Å². The van der Waals surface area contributed by atoms with Gasteiger partial charge in [0.1, 0.15) is 0 Å². The van der Waals surface area contributed by atoms with Gasteiger partial charge < -0.3 is 5.73 Å². The number of benzene rings is 1. The lowest BCUT2D eigenvalue weighted by molar-refractivity contribution is 0.266. The second-order valence-corrected chi connectivity index (χ2v) is 7.76. The Morgan fingerprint density at radius 3 is 2.33 bits per heavy atom. The molecule has 1 heterocycles. The molecule has 1 aromatic carbocycles. The minimum atomic E-state index is -3.33. The Hall–Kier alpha value is -0.910. The quantitative estimate of drug-likeness (QED) is 0.877. The summed E-state index contributed by atoms with van der Waals surface area (Å²) in [6.07, 6.45) is 4.90. The SMILES string of the molecule is CCCc1ccc(S(=O)(=O)N2CCC(CCN)CC2)cc1. The van der Waals surface area contributed by atoms with Gasteiger partial charge in [0.2, 0.25) is 10.0 Å². The van der Waals surface area contributed by atoms with Gasteiger partial charge >= 0.3 is 0 Å². The van der Waals surface area contributed by atoms with Gasteiger partial charge in [0.25, 0.3) is 0 Å². The summed E-state index contributed by atoms with van der Waals surface area (Å²) in [5.41, 5.74) is 6.77. The maximum Gasteiger partial charge on any atom is 0.243 e. The maximum absolute atomic E-state index is 12.6. The Bertz CT molecular complexity index is 532. The van der Waals surface area contributed by atoms with E-state index in [0.717, 1.165) is 32.1 Å². The molecule has 1 aliphatic heterocycles. The molecule has 1 saturated heterocycles. The number of hydrogen-bond acceptors (Lipinski definition) is 3. The number of sulfonamides is 1. The molecule has 1 aromatic rings. The van der Waals surface area contributed by atoms with Gasteiger partial charge in [-0.3, -0.25) is 0 Å². The van der Waals surface area contributed by atoms with Crippen molar-refractivity contribution in [3.63, 3.8) is 0 Å². The smallest absolute Gasteiger partial charge is 0.243 e. The topological polar surface area (TPSA) is 63.4 Å². The molecule has 21 heavy (non-hydrogen) atoms. The van der Waals surface area contributed by atoms with Gasteiger partial charge in [0.05, 0.1) is 4.90 Å². The van der Waals surface area contributed by atoms with Gasteiger partial charge in [-0.25, -0.2) is 8.42 Å². The predicted octanol–water partition coefficient (Wildman–Crippen LogP) is 2.39. The van der Waals surface area contributed by atoms with Crippen molar-refractivity contribution < 1.29 is 8.42 Å². The summed E-state index contributed by atoms with van der Waals surface area (Å²) >= 11 is 0. The molecule has 5 heteroatoms. The molecular formula is C16H26N2O2S. The summed E-state index contributed by atoms with van der Waals surface area (Å²) in [5, 5.41) is 0. The zero-order valence-corrected chi connectivity index (χ0v) is 13.6. The highest BCUT2D eigenvalue weighted by atomic mass is 32.2. The minimum absolute atomic E-state index is 0.416. The number of aryl methyl sites for hydroxylation is 1. The van der Waals surface area contributed by atoms with Gasteiger partial charge in [0, 0.05) is 13.1 Å². The van der Waals surface area contributed by atoms with E-state index < -0.39 is 10.0 Å². The van der Waals surface area contributed by atoms with Crippen LogP contribution >= 0.6 is 0 Å². The van der Waals surface area contributed by atoms with Gasteiger partial charge in [-0.05, 0) is 55.8 Å². The number of rotatable bonds is 6. The molecule has 2 rings (SSSR count). The number of hydrogen-bond donors (Lipinski definition) is 1. The summed E-state index contributed by atoms with van der Waals surface area (Å²) in [6.45, 7) is 4.04. The lowest BCUT2D eigenvalue weighted by Crippen LogP contribution is -2.38. The molecule has 0 aromatic heterocycles. The standard InChI is InChI=1S/C16H26N2O2S/c1-2-3-14-4-6-16(7-5-14)21(19,20)18-12-9-15(8-11-17)10-13-18/h4-7,15H,2-3,8-13,17H2,1H3. The van der Waals surface area contributed by atoms with Crippen LogP contribution in [-0.2, 0) is 16.4 Å². The van der Waals surface area contributed by atoms with Crippen LogP contribution in [0.3, 0.4) is 0 Å². The molecule has 0 unspecified atom stereocenters. The van der Waals surface area contributed by atoms with Crippen LogP contribution < -0.4 is 5.73 Å². The third-order valence-electron chi connectivity index (χ3n) is 4.25. The number of piperidine rings is 1. The maximum atomic E-state index is 12.6. The molecule has 0 saturated carbocycles. The van der Waals surface area contributed by atoms with Crippen LogP contribution in [0.5, 0.6) is 0 Å². The lowest BCUT2D eigenvalue weighted by atomic mass is 9.95. The molecule has 0 aliphatic carbocycles. The van der Waals surface area contributed by atoms with E-state index in [4.69, 9.17) is 5.73 Å². The average Bonchev–Trinajstić information content (AvgIpc) is 2.49.